The lowest BCUT2D eigenvalue weighted by Crippen LogP contribution is -2.13. The Hall–Kier alpha value is -2.27. The number of pyridine rings is 1. The molecule has 0 saturated heterocycles. The number of methoxy groups -OCH3 is 1. The third-order valence-corrected chi connectivity index (χ3v) is 3.14. The van der Waals surface area contributed by atoms with E-state index >= 15 is 0 Å². The summed E-state index contributed by atoms with van der Waals surface area (Å²) in [5.74, 6) is 0.0920. The number of hydrogen-bond acceptors (Lipinski definition) is 4. The van der Waals surface area contributed by atoms with Crippen LogP contribution in [-0.4, -0.2) is 30.2 Å². The van der Waals surface area contributed by atoms with Crippen molar-refractivity contribution in [3.8, 4) is 5.75 Å². The molecule has 0 spiro atoms. The zero-order valence-electron chi connectivity index (χ0n) is 11.0. The normalized spacial score (nSPS) is 10.2. The Balaban J connectivity index is 2.34. The highest BCUT2D eigenvalue weighted by Crippen LogP contribution is 2.26. The Labute approximate surface area is 121 Å². The van der Waals surface area contributed by atoms with E-state index in [9.17, 15) is 4.79 Å². The summed E-state index contributed by atoms with van der Waals surface area (Å²) in [5.41, 5.74) is 0.696. The summed E-state index contributed by atoms with van der Waals surface area (Å²) in [5, 5.41) is 9.14. The predicted molar refractivity (Wildman–Crippen MR) is 77.3 cm³/mol. The lowest BCUT2D eigenvalue weighted by Gasteiger charge is -2.19. The van der Waals surface area contributed by atoms with Gasteiger partial charge in [0, 0.05) is 12.7 Å². The molecule has 0 aliphatic carbocycles. The molecule has 20 heavy (non-hydrogen) atoms. The van der Waals surface area contributed by atoms with E-state index in [-0.39, 0.29) is 10.7 Å². The minimum Gasteiger partial charge on any atom is -0.497 e. The number of carbonyl (C=O) groups is 1. The van der Waals surface area contributed by atoms with Crippen molar-refractivity contribution < 1.29 is 14.6 Å². The summed E-state index contributed by atoms with van der Waals surface area (Å²) in [4.78, 5) is 16.9. The first-order valence-electron chi connectivity index (χ1n) is 5.80. The molecular weight excluding hydrogens is 280 g/mol. The summed E-state index contributed by atoms with van der Waals surface area (Å²) >= 11 is 5.80. The van der Waals surface area contributed by atoms with Crippen molar-refractivity contribution in [3.05, 3.63) is 47.1 Å². The minimum absolute atomic E-state index is 0.115. The molecule has 0 amide bonds. The van der Waals surface area contributed by atoms with Crippen LogP contribution in [0.1, 0.15) is 10.5 Å². The Kier molecular flexibility index (Phi) is 4.10. The first kappa shape index (κ1) is 14.1. The maximum atomic E-state index is 11.0. The second-order valence-corrected chi connectivity index (χ2v) is 4.47. The highest BCUT2D eigenvalue weighted by molar-refractivity contribution is 6.33. The summed E-state index contributed by atoms with van der Waals surface area (Å²) in [7, 11) is 3.39. The largest absolute Gasteiger partial charge is 0.497 e. The van der Waals surface area contributed by atoms with E-state index < -0.39 is 5.97 Å². The highest BCUT2D eigenvalue weighted by Gasteiger charge is 2.14. The number of ether oxygens (including phenoxy) is 1. The Morgan fingerprint density at radius 3 is 2.45 bits per heavy atom. The quantitative estimate of drug-likeness (QED) is 0.937. The van der Waals surface area contributed by atoms with Gasteiger partial charge in [0.05, 0.1) is 12.1 Å². The van der Waals surface area contributed by atoms with Gasteiger partial charge in [-0.05, 0) is 36.4 Å². The van der Waals surface area contributed by atoms with E-state index in [4.69, 9.17) is 21.4 Å². The fraction of sp³-hybridized carbons (Fsp3) is 0.143. The van der Waals surface area contributed by atoms with Crippen molar-refractivity contribution in [3.63, 3.8) is 0 Å². The van der Waals surface area contributed by atoms with Gasteiger partial charge in [0.25, 0.3) is 0 Å². The molecule has 2 aromatic rings. The number of carboxylic acids is 1. The van der Waals surface area contributed by atoms with Gasteiger partial charge in [-0.2, -0.15) is 0 Å². The lowest BCUT2D eigenvalue weighted by atomic mass is 10.2. The van der Waals surface area contributed by atoms with Crippen LogP contribution in [-0.2, 0) is 0 Å². The molecule has 1 N–H and O–H groups in total. The second-order valence-electron chi connectivity index (χ2n) is 4.06. The molecule has 104 valence electrons. The first-order chi connectivity index (χ1) is 9.52. The summed E-state index contributed by atoms with van der Waals surface area (Å²) in [6.45, 7) is 0. The van der Waals surface area contributed by atoms with Crippen molar-refractivity contribution >= 4 is 29.1 Å². The van der Waals surface area contributed by atoms with Gasteiger partial charge in [-0.25, -0.2) is 9.78 Å². The molecule has 1 heterocycles. The number of benzene rings is 1. The summed E-state index contributed by atoms with van der Waals surface area (Å²) < 4.78 is 5.09. The third-order valence-electron chi connectivity index (χ3n) is 2.84. The van der Waals surface area contributed by atoms with Crippen LogP contribution in [0.2, 0.25) is 5.02 Å². The van der Waals surface area contributed by atoms with Crippen molar-refractivity contribution in [2.75, 3.05) is 19.1 Å². The molecule has 0 aliphatic rings. The Bertz CT molecular complexity index is 629. The van der Waals surface area contributed by atoms with Crippen LogP contribution >= 0.6 is 11.6 Å². The number of aromatic carboxylic acids is 1. The zero-order chi connectivity index (χ0) is 14.7. The average molecular weight is 293 g/mol. The van der Waals surface area contributed by atoms with E-state index in [2.05, 4.69) is 4.98 Å². The molecule has 0 radical (unpaired) electrons. The number of carboxylic acid groups (broad SMARTS) is 1. The number of anilines is 2. The smallest absolute Gasteiger partial charge is 0.356 e. The van der Waals surface area contributed by atoms with Crippen LogP contribution in [0.5, 0.6) is 5.75 Å². The van der Waals surface area contributed by atoms with Crippen molar-refractivity contribution in [2.45, 2.75) is 0 Å². The van der Waals surface area contributed by atoms with Gasteiger partial charge < -0.3 is 14.7 Å². The molecule has 0 bridgehead atoms. The van der Waals surface area contributed by atoms with Crippen LogP contribution in [0.4, 0.5) is 11.5 Å². The highest BCUT2D eigenvalue weighted by atomic mass is 35.5. The maximum Gasteiger partial charge on any atom is 0.356 e. The second kappa shape index (κ2) is 5.79. The van der Waals surface area contributed by atoms with Crippen LogP contribution in [0, 0.1) is 0 Å². The van der Waals surface area contributed by atoms with Crippen LogP contribution in [0.15, 0.2) is 36.4 Å². The van der Waals surface area contributed by atoms with E-state index in [1.54, 1.807) is 25.1 Å². The van der Waals surface area contributed by atoms with Gasteiger partial charge >= 0.3 is 5.97 Å². The zero-order valence-corrected chi connectivity index (χ0v) is 11.8. The van der Waals surface area contributed by atoms with Gasteiger partial charge in [0.15, 0.2) is 5.69 Å². The Morgan fingerprint density at radius 2 is 1.90 bits per heavy atom. The number of nitrogens with zero attached hydrogens (tertiary/aromatic N) is 2. The predicted octanol–water partition coefficient (Wildman–Crippen LogP) is 3.21. The van der Waals surface area contributed by atoms with Gasteiger partial charge in [0.1, 0.15) is 11.6 Å². The van der Waals surface area contributed by atoms with Crippen molar-refractivity contribution in [1.82, 2.24) is 4.98 Å². The van der Waals surface area contributed by atoms with Crippen LogP contribution in [0.25, 0.3) is 0 Å². The Morgan fingerprint density at radius 1 is 1.25 bits per heavy atom. The standard InChI is InChI=1S/C14H13ClN2O3/c1-17(9-3-5-10(20-2)6-4-9)12-8-7-11(15)13(16-12)14(18)19/h3-8H,1-2H3,(H,18,19). The van der Waals surface area contributed by atoms with Crippen LogP contribution in [0.3, 0.4) is 0 Å². The maximum absolute atomic E-state index is 11.0. The topological polar surface area (TPSA) is 62.7 Å². The van der Waals surface area contributed by atoms with Crippen molar-refractivity contribution in [2.24, 2.45) is 0 Å². The van der Waals surface area contributed by atoms with E-state index in [0.717, 1.165) is 11.4 Å². The molecule has 5 nitrogen and oxygen atoms in total. The number of rotatable bonds is 4. The third kappa shape index (κ3) is 2.83. The first-order valence-corrected chi connectivity index (χ1v) is 6.18. The molecule has 1 aromatic heterocycles. The molecule has 0 aliphatic heterocycles. The molecule has 0 fully saturated rings. The molecule has 0 unspecified atom stereocenters. The van der Waals surface area contributed by atoms with Gasteiger partial charge in [-0.3, -0.25) is 0 Å². The average Bonchev–Trinajstić information content (AvgIpc) is 2.47. The monoisotopic (exact) mass is 292 g/mol. The number of hydrogen-bond donors (Lipinski definition) is 1. The van der Waals surface area contributed by atoms with Crippen LogP contribution < -0.4 is 9.64 Å². The number of halogens is 1. The van der Waals surface area contributed by atoms with E-state index in [0.29, 0.717) is 5.82 Å². The summed E-state index contributed by atoms with van der Waals surface area (Å²) in [6.07, 6.45) is 0. The van der Waals surface area contributed by atoms with Gasteiger partial charge in [-0.15, -0.1) is 0 Å². The minimum atomic E-state index is -1.15. The van der Waals surface area contributed by atoms with Gasteiger partial charge in [-0.1, -0.05) is 11.6 Å². The van der Waals surface area contributed by atoms with Crippen molar-refractivity contribution in [1.29, 1.82) is 0 Å². The SMILES string of the molecule is COc1ccc(N(C)c2ccc(Cl)c(C(=O)O)n2)cc1. The van der Waals surface area contributed by atoms with E-state index in [1.807, 2.05) is 24.3 Å². The van der Waals surface area contributed by atoms with E-state index in [1.165, 1.54) is 6.07 Å². The molecule has 0 saturated carbocycles. The fourth-order valence-corrected chi connectivity index (χ4v) is 1.89. The molecule has 2 rings (SSSR count). The molecular formula is C14H13ClN2O3. The lowest BCUT2D eigenvalue weighted by molar-refractivity contribution is 0.0691. The summed E-state index contributed by atoms with van der Waals surface area (Å²) in [6, 6.07) is 10.5. The number of aromatic nitrogens is 1. The molecule has 0 atom stereocenters. The molecule has 6 heteroatoms. The fourth-order valence-electron chi connectivity index (χ4n) is 1.71. The molecule has 1 aromatic carbocycles. The van der Waals surface area contributed by atoms with Gasteiger partial charge in [0.2, 0.25) is 0 Å².